The summed E-state index contributed by atoms with van der Waals surface area (Å²) in [5.74, 6) is -0.191. The van der Waals surface area contributed by atoms with Crippen molar-refractivity contribution in [1.29, 1.82) is 0 Å². The Morgan fingerprint density at radius 2 is 1.91 bits per heavy atom. The zero-order valence-corrected chi connectivity index (χ0v) is 14.4. The third-order valence-corrected chi connectivity index (χ3v) is 4.78. The van der Waals surface area contributed by atoms with Gasteiger partial charge in [-0.05, 0) is 24.6 Å². The van der Waals surface area contributed by atoms with Crippen molar-refractivity contribution in [1.82, 2.24) is 5.32 Å². The molecule has 0 radical (unpaired) electrons. The first kappa shape index (κ1) is 17.0. The Morgan fingerprint density at radius 3 is 2.45 bits per heavy atom. The van der Waals surface area contributed by atoms with E-state index >= 15 is 0 Å². The van der Waals surface area contributed by atoms with E-state index in [1.54, 1.807) is 0 Å². The van der Waals surface area contributed by atoms with Crippen LogP contribution in [0.2, 0.25) is 0 Å². The molecule has 6 heteroatoms. The number of primary amides is 1. The van der Waals surface area contributed by atoms with Crippen LogP contribution in [0, 0.1) is 5.92 Å². The first-order chi connectivity index (χ1) is 10.5. The summed E-state index contributed by atoms with van der Waals surface area (Å²) in [6, 6.07) is 7.93. The van der Waals surface area contributed by atoms with Crippen molar-refractivity contribution < 1.29 is 14.5 Å². The number of quaternary nitrogens is 1. The second kappa shape index (κ2) is 7.74. The number of benzene rings is 1. The van der Waals surface area contributed by atoms with Crippen molar-refractivity contribution in [2.45, 2.75) is 25.8 Å². The second-order valence-corrected chi connectivity index (χ2v) is 6.86. The van der Waals surface area contributed by atoms with Gasteiger partial charge in [-0.3, -0.25) is 9.59 Å². The predicted molar refractivity (Wildman–Crippen MR) is 88.2 cm³/mol. The van der Waals surface area contributed by atoms with Gasteiger partial charge < -0.3 is 16.0 Å². The number of carbonyl (C=O) groups is 2. The Morgan fingerprint density at radius 1 is 1.32 bits per heavy atom. The van der Waals surface area contributed by atoms with Crippen LogP contribution in [-0.2, 0) is 9.59 Å². The lowest BCUT2D eigenvalue weighted by atomic mass is 9.96. The molecule has 0 aliphatic carbocycles. The van der Waals surface area contributed by atoms with E-state index in [0.717, 1.165) is 36.0 Å². The molecule has 1 aliphatic rings. The van der Waals surface area contributed by atoms with Gasteiger partial charge in [0.2, 0.25) is 5.91 Å². The number of nitrogens with two attached hydrogens (primary N) is 1. The van der Waals surface area contributed by atoms with Crippen LogP contribution < -0.4 is 16.0 Å². The summed E-state index contributed by atoms with van der Waals surface area (Å²) in [6.07, 6.45) is 1.56. The predicted octanol–water partition coefficient (Wildman–Crippen LogP) is 0.407. The molecule has 0 unspecified atom stereocenters. The number of piperidine rings is 1. The fourth-order valence-electron chi connectivity index (χ4n) is 2.84. The van der Waals surface area contributed by atoms with E-state index in [2.05, 4.69) is 21.2 Å². The largest absolute Gasteiger partial charge is 0.369 e. The highest BCUT2D eigenvalue weighted by Crippen LogP contribution is 2.16. The van der Waals surface area contributed by atoms with Crippen LogP contribution in [0.4, 0.5) is 0 Å². The number of amides is 2. The van der Waals surface area contributed by atoms with E-state index in [0.29, 0.717) is 6.54 Å². The second-order valence-electron chi connectivity index (χ2n) is 5.94. The lowest BCUT2D eigenvalue weighted by molar-refractivity contribution is -0.897. The van der Waals surface area contributed by atoms with Gasteiger partial charge in [-0.25, -0.2) is 0 Å². The van der Waals surface area contributed by atoms with Gasteiger partial charge in [-0.15, -0.1) is 0 Å². The van der Waals surface area contributed by atoms with E-state index in [1.165, 1.54) is 4.90 Å². The van der Waals surface area contributed by atoms with Crippen LogP contribution in [0.25, 0.3) is 0 Å². The fourth-order valence-corrected chi connectivity index (χ4v) is 3.11. The summed E-state index contributed by atoms with van der Waals surface area (Å²) < 4.78 is 1.02. The summed E-state index contributed by atoms with van der Waals surface area (Å²) in [5.41, 5.74) is 6.41. The number of halogens is 1. The van der Waals surface area contributed by atoms with E-state index < -0.39 is 0 Å². The molecule has 1 aliphatic heterocycles. The van der Waals surface area contributed by atoms with Gasteiger partial charge in [0.05, 0.1) is 19.1 Å². The molecule has 120 valence electrons. The minimum absolute atomic E-state index is 0.0110. The topological polar surface area (TPSA) is 76.6 Å². The monoisotopic (exact) mass is 368 g/mol. The van der Waals surface area contributed by atoms with Gasteiger partial charge in [0.1, 0.15) is 0 Å². The van der Waals surface area contributed by atoms with Crippen molar-refractivity contribution in [3.8, 4) is 0 Å². The van der Waals surface area contributed by atoms with Crippen LogP contribution >= 0.6 is 15.9 Å². The Bertz CT molecular complexity index is 525. The van der Waals surface area contributed by atoms with Crippen LogP contribution in [0.3, 0.4) is 0 Å². The number of rotatable bonds is 5. The normalized spacial score (nSPS) is 22.8. The van der Waals surface area contributed by atoms with Crippen LogP contribution in [0.15, 0.2) is 28.7 Å². The zero-order valence-electron chi connectivity index (χ0n) is 12.8. The van der Waals surface area contributed by atoms with Crippen molar-refractivity contribution in [2.75, 3.05) is 19.6 Å². The fraction of sp³-hybridized carbons (Fsp3) is 0.500. The van der Waals surface area contributed by atoms with Gasteiger partial charge >= 0.3 is 0 Å². The van der Waals surface area contributed by atoms with Crippen molar-refractivity contribution in [3.63, 3.8) is 0 Å². The average molecular weight is 369 g/mol. The van der Waals surface area contributed by atoms with Crippen LogP contribution in [-0.4, -0.2) is 31.4 Å². The maximum absolute atomic E-state index is 12.1. The maximum atomic E-state index is 12.1. The number of carbonyl (C=O) groups excluding carboxylic acids is 2. The average Bonchev–Trinajstić information content (AvgIpc) is 2.48. The first-order valence-electron chi connectivity index (χ1n) is 7.63. The maximum Gasteiger partial charge on any atom is 0.275 e. The molecule has 0 aromatic heterocycles. The summed E-state index contributed by atoms with van der Waals surface area (Å²) in [6.45, 7) is 4.09. The zero-order chi connectivity index (χ0) is 16.1. The number of likely N-dealkylation sites (tertiary alicyclic amines) is 1. The van der Waals surface area contributed by atoms with E-state index in [9.17, 15) is 9.59 Å². The highest BCUT2D eigenvalue weighted by molar-refractivity contribution is 9.10. The lowest BCUT2D eigenvalue weighted by Gasteiger charge is -2.27. The number of hydrogen-bond donors (Lipinski definition) is 3. The van der Waals surface area contributed by atoms with E-state index in [1.807, 2.05) is 31.2 Å². The summed E-state index contributed by atoms with van der Waals surface area (Å²) in [5, 5.41) is 3.03. The standard InChI is InChI=1S/C16H22BrN3O2/c1-11(12-2-4-14(17)5-3-12)19-15(21)10-20-8-6-13(7-9-20)16(18)22/h2-5,11,13H,6-10H2,1H3,(H2,18,22)(H,19,21)/p+1/t11-/m0/s1. The third kappa shape index (κ3) is 4.81. The molecule has 1 atom stereocenters. The highest BCUT2D eigenvalue weighted by Gasteiger charge is 2.27. The molecule has 1 heterocycles. The van der Waals surface area contributed by atoms with Gasteiger partial charge in [0.25, 0.3) is 5.91 Å². The van der Waals surface area contributed by atoms with Crippen molar-refractivity contribution >= 4 is 27.7 Å². The van der Waals surface area contributed by atoms with Gasteiger partial charge in [-0.2, -0.15) is 0 Å². The molecular weight excluding hydrogens is 346 g/mol. The van der Waals surface area contributed by atoms with Gasteiger partial charge in [0.15, 0.2) is 6.54 Å². The molecule has 0 spiro atoms. The van der Waals surface area contributed by atoms with E-state index in [4.69, 9.17) is 5.73 Å². The van der Waals surface area contributed by atoms with E-state index in [-0.39, 0.29) is 23.8 Å². The molecule has 2 rings (SSSR count). The molecular formula is C16H23BrN3O2+. The summed E-state index contributed by atoms with van der Waals surface area (Å²) >= 11 is 3.40. The van der Waals surface area contributed by atoms with Gasteiger partial charge in [-0.1, -0.05) is 28.1 Å². The molecule has 1 saturated heterocycles. The molecule has 2 amide bonds. The summed E-state index contributed by atoms with van der Waals surface area (Å²) in [4.78, 5) is 24.5. The third-order valence-electron chi connectivity index (χ3n) is 4.25. The Balaban J connectivity index is 1.78. The molecule has 0 bridgehead atoms. The van der Waals surface area contributed by atoms with Crippen molar-refractivity contribution in [2.24, 2.45) is 11.7 Å². The SMILES string of the molecule is C[C@H](NC(=O)C[NH+]1CCC(C(N)=O)CC1)c1ccc(Br)cc1. The lowest BCUT2D eigenvalue weighted by Crippen LogP contribution is -3.14. The Hall–Kier alpha value is -1.40. The minimum Gasteiger partial charge on any atom is -0.369 e. The Kier molecular flexibility index (Phi) is 5.97. The minimum atomic E-state index is -0.215. The quantitative estimate of drug-likeness (QED) is 0.703. The molecule has 5 nitrogen and oxygen atoms in total. The van der Waals surface area contributed by atoms with Crippen LogP contribution in [0.1, 0.15) is 31.4 Å². The van der Waals surface area contributed by atoms with Crippen molar-refractivity contribution in [3.05, 3.63) is 34.3 Å². The summed E-state index contributed by atoms with van der Waals surface area (Å²) in [7, 11) is 0. The molecule has 4 N–H and O–H groups in total. The van der Waals surface area contributed by atoms with Gasteiger partial charge in [0, 0.05) is 23.2 Å². The molecule has 1 aromatic rings. The number of nitrogens with one attached hydrogen (secondary N) is 2. The molecule has 1 aromatic carbocycles. The molecule has 1 fully saturated rings. The molecule has 0 saturated carbocycles. The van der Waals surface area contributed by atoms with Crippen LogP contribution in [0.5, 0.6) is 0 Å². The number of hydrogen-bond acceptors (Lipinski definition) is 2. The Labute approximate surface area is 139 Å². The first-order valence-corrected chi connectivity index (χ1v) is 8.42. The molecule has 22 heavy (non-hydrogen) atoms. The smallest absolute Gasteiger partial charge is 0.275 e. The highest BCUT2D eigenvalue weighted by atomic mass is 79.9.